The predicted molar refractivity (Wildman–Crippen MR) is 88.7 cm³/mol. The van der Waals surface area contributed by atoms with Crippen molar-refractivity contribution in [2.24, 2.45) is 35.0 Å². The van der Waals surface area contributed by atoms with Crippen molar-refractivity contribution in [2.45, 2.75) is 71.0 Å². The second kappa shape index (κ2) is 4.92. The molecule has 128 valence electrons. The van der Waals surface area contributed by atoms with Crippen molar-refractivity contribution in [1.82, 2.24) is 0 Å². The standard InChI is InChI=1S/C20H30O3/c1-11-8-12-9-13(21)10-16(22)18(12)14-4-6-19(2)15(17(11)14)5-7-20(19,3)23/h9,11,14-18,22-23H,4-8,10H2,1-3H3/t11-,14+,15+,16?,17-,18+,19+,20+/m1/s1. The van der Waals surface area contributed by atoms with E-state index in [1.165, 1.54) is 5.57 Å². The lowest BCUT2D eigenvalue weighted by atomic mass is 9.48. The summed E-state index contributed by atoms with van der Waals surface area (Å²) in [5.41, 5.74) is 0.662. The number of aliphatic hydroxyl groups excluding tert-OH is 1. The molecule has 1 unspecified atom stereocenters. The number of hydrogen-bond acceptors (Lipinski definition) is 3. The van der Waals surface area contributed by atoms with E-state index >= 15 is 0 Å². The molecular weight excluding hydrogens is 288 g/mol. The quantitative estimate of drug-likeness (QED) is 0.721. The van der Waals surface area contributed by atoms with Gasteiger partial charge in [0.1, 0.15) is 0 Å². The molecule has 23 heavy (non-hydrogen) atoms. The molecule has 0 aromatic heterocycles. The van der Waals surface area contributed by atoms with Crippen LogP contribution in [0.2, 0.25) is 0 Å². The van der Waals surface area contributed by atoms with Crippen molar-refractivity contribution in [2.75, 3.05) is 0 Å². The lowest BCUT2D eigenvalue weighted by Crippen LogP contribution is -2.55. The highest BCUT2D eigenvalue weighted by Crippen LogP contribution is 2.65. The number of carbonyl (C=O) groups excluding carboxylic acids is 1. The van der Waals surface area contributed by atoms with Gasteiger partial charge in [0, 0.05) is 12.3 Å². The van der Waals surface area contributed by atoms with Gasteiger partial charge in [-0.05, 0) is 74.2 Å². The van der Waals surface area contributed by atoms with Gasteiger partial charge in [-0.15, -0.1) is 0 Å². The molecule has 3 heteroatoms. The zero-order valence-corrected chi connectivity index (χ0v) is 14.6. The molecule has 4 aliphatic rings. The monoisotopic (exact) mass is 318 g/mol. The first-order chi connectivity index (χ1) is 10.7. The number of hydrogen-bond donors (Lipinski definition) is 2. The summed E-state index contributed by atoms with van der Waals surface area (Å²) < 4.78 is 0. The van der Waals surface area contributed by atoms with Crippen molar-refractivity contribution >= 4 is 5.78 Å². The SMILES string of the molecule is C[C@@H]1CC2=CC(=O)CC(O)[C@@H]2[C@H]2CC[C@@]3(C)[C@@H](CC[C@]3(C)O)[C@@H]21. The highest BCUT2D eigenvalue weighted by atomic mass is 16.3. The van der Waals surface area contributed by atoms with Crippen LogP contribution in [0, 0.1) is 35.0 Å². The van der Waals surface area contributed by atoms with E-state index in [1.54, 1.807) is 0 Å². The number of rotatable bonds is 0. The average molecular weight is 318 g/mol. The molecule has 0 amide bonds. The molecule has 3 saturated carbocycles. The number of ketones is 1. The predicted octanol–water partition coefficient (Wildman–Crippen LogP) is 3.10. The zero-order valence-electron chi connectivity index (χ0n) is 14.6. The lowest BCUT2D eigenvalue weighted by Gasteiger charge is -2.57. The van der Waals surface area contributed by atoms with Crippen LogP contribution < -0.4 is 0 Å². The van der Waals surface area contributed by atoms with Crippen LogP contribution in [0.25, 0.3) is 0 Å². The van der Waals surface area contributed by atoms with E-state index in [0.29, 0.717) is 30.1 Å². The second-order valence-corrected chi connectivity index (χ2v) is 9.28. The molecule has 0 bridgehead atoms. The van der Waals surface area contributed by atoms with E-state index in [1.807, 2.05) is 13.0 Å². The van der Waals surface area contributed by atoms with Gasteiger partial charge in [0.15, 0.2) is 5.78 Å². The Kier molecular flexibility index (Phi) is 3.39. The number of carbonyl (C=O) groups is 1. The molecule has 3 nitrogen and oxygen atoms in total. The average Bonchev–Trinajstić information content (AvgIpc) is 2.68. The highest BCUT2D eigenvalue weighted by molar-refractivity contribution is 5.92. The molecule has 0 spiro atoms. The minimum atomic E-state index is -0.556. The van der Waals surface area contributed by atoms with E-state index in [9.17, 15) is 15.0 Å². The summed E-state index contributed by atoms with van der Waals surface area (Å²) in [5.74, 6) is 2.44. The molecule has 4 rings (SSSR count). The summed E-state index contributed by atoms with van der Waals surface area (Å²) >= 11 is 0. The van der Waals surface area contributed by atoms with Crippen LogP contribution >= 0.6 is 0 Å². The Morgan fingerprint density at radius 1 is 1.17 bits per heavy atom. The van der Waals surface area contributed by atoms with Gasteiger partial charge < -0.3 is 10.2 Å². The molecule has 0 saturated heterocycles. The van der Waals surface area contributed by atoms with Gasteiger partial charge in [-0.2, -0.15) is 0 Å². The van der Waals surface area contributed by atoms with E-state index in [2.05, 4.69) is 13.8 Å². The van der Waals surface area contributed by atoms with Crippen LogP contribution in [-0.4, -0.2) is 27.7 Å². The van der Waals surface area contributed by atoms with Crippen LogP contribution in [-0.2, 0) is 4.79 Å². The Morgan fingerprint density at radius 3 is 2.65 bits per heavy atom. The van der Waals surface area contributed by atoms with E-state index in [0.717, 1.165) is 32.1 Å². The molecule has 0 aliphatic heterocycles. The summed E-state index contributed by atoms with van der Waals surface area (Å²) in [4.78, 5) is 11.8. The first kappa shape index (κ1) is 15.8. The second-order valence-electron chi connectivity index (χ2n) is 9.28. The van der Waals surface area contributed by atoms with Crippen LogP contribution in [0.5, 0.6) is 0 Å². The summed E-state index contributed by atoms with van der Waals surface area (Å²) in [6.07, 6.45) is 6.72. The highest BCUT2D eigenvalue weighted by Gasteiger charge is 2.62. The summed E-state index contributed by atoms with van der Waals surface area (Å²) in [6.45, 7) is 6.64. The van der Waals surface area contributed by atoms with Crippen LogP contribution in [0.15, 0.2) is 11.6 Å². The van der Waals surface area contributed by atoms with Gasteiger partial charge >= 0.3 is 0 Å². The molecule has 0 aromatic rings. The molecule has 4 aliphatic carbocycles. The smallest absolute Gasteiger partial charge is 0.158 e. The molecular formula is C20H30O3. The third kappa shape index (κ3) is 2.05. The van der Waals surface area contributed by atoms with E-state index in [4.69, 9.17) is 0 Å². The minimum absolute atomic E-state index is 0.0130. The van der Waals surface area contributed by atoms with Gasteiger partial charge in [-0.3, -0.25) is 4.79 Å². The zero-order chi connectivity index (χ0) is 16.6. The van der Waals surface area contributed by atoms with Crippen LogP contribution in [0.4, 0.5) is 0 Å². The Balaban J connectivity index is 1.72. The molecule has 8 atom stereocenters. The van der Waals surface area contributed by atoms with Crippen molar-refractivity contribution in [3.05, 3.63) is 11.6 Å². The summed E-state index contributed by atoms with van der Waals surface area (Å²) in [6, 6.07) is 0. The van der Waals surface area contributed by atoms with Crippen molar-refractivity contribution in [3.63, 3.8) is 0 Å². The van der Waals surface area contributed by atoms with Gasteiger partial charge in [0.25, 0.3) is 0 Å². The van der Waals surface area contributed by atoms with Crippen LogP contribution in [0.1, 0.15) is 59.3 Å². The fourth-order valence-electron chi connectivity index (χ4n) is 6.91. The first-order valence-corrected chi connectivity index (χ1v) is 9.38. The third-order valence-corrected chi connectivity index (χ3v) is 8.22. The molecule has 3 fully saturated rings. The van der Waals surface area contributed by atoms with Crippen molar-refractivity contribution in [3.8, 4) is 0 Å². The number of fused-ring (bicyclic) bond motifs is 5. The Hall–Kier alpha value is -0.670. The molecule has 0 aromatic carbocycles. The Bertz CT molecular complexity index is 563. The topological polar surface area (TPSA) is 57.5 Å². The van der Waals surface area contributed by atoms with Gasteiger partial charge in [-0.1, -0.05) is 19.4 Å². The molecule has 0 heterocycles. The Morgan fingerprint density at radius 2 is 1.91 bits per heavy atom. The van der Waals surface area contributed by atoms with Crippen molar-refractivity contribution in [1.29, 1.82) is 0 Å². The molecule has 0 radical (unpaired) electrons. The van der Waals surface area contributed by atoms with Crippen molar-refractivity contribution < 1.29 is 15.0 Å². The maximum Gasteiger partial charge on any atom is 0.158 e. The maximum absolute atomic E-state index is 11.8. The maximum atomic E-state index is 11.8. The van der Waals surface area contributed by atoms with E-state index in [-0.39, 0.29) is 17.1 Å². The fraction of sp³-hybridized carbons (Fsp3) is 0.850. The number of aliphatic hydroxyl groups is 2. The van der Waals surface area contributed by atoms with Crippen LogP contribution in [0.3, 0.4) is 0 Å². The molecule has 2 N–H and O–H groups in total. The first-order valence-electron chi connectivity index (χ1n) is 9.38. The third-order valence-electron chi connectivity index (χ3n) is 8.22. The normalized spacial score (nSPS) is 55.7. The fourth-order valence-corrected chi connectivity index (χ4v) is 6.91. The van der Waals surface area contributed by atoms with Gasteiger partial charge in [-0.25, -0.2) is 0 Å². The van der Waals surface area contributed by atoms with Gasteiger partial charge in [0.2, 0.25) is 0 Å². The summed E-state index contributed by atoms with van der Waals surface area (Å²) in [7, 11) is 0. The largest absolute Gasteiger partial charge is 0.392 e. The minimum Gasteiger partial charge on any atom is -0.392 e. The van der Waals surface area contributed by atoms with E-state index < -0.39 is 11.7 Å². The Labute approximate surface area is 139 Å². The lowest BCUT2D eigenvalue weighted by molar-refractivity contribution is -0.131. The summed E-state index contributed by atoms with van der Waals surface area (Å²) in [5, 5.41) is 21.5. The van der Waals surface area contributed by atoms with Gasteiger partial charge in [0.05, 0.1) is 11.7 Å².